The lowest BCUT2D eigenvalue weighted by Crippen LogP contribution is -2.39. The quantitative estimate of drug-likeness (QED) is 0.653. The number of carbonyl (C=O) groups excluding carboxylic acids is 1. The lowest BCUT2D eigenvalue weighted by molar-refractivity contribution is -0.118. The fourth-order valence-corrected chi connectivity index (χ4v) is 3.35. The molecular weight excluding hydrogens is 288 g/mol. The third-order valence-corrected chi connectivity index (χ3v) is 4.73. The first-order chi connectivity index (χ1) is 8.53. The van der Waals surface area contributed by atoms with Crippen LogP contribution in [0.5, 0.6) is 0 Å². The van der Waals surface area contributed by atoms with Gasteiger partial charge in [-0.1, -0.05) is 19.8 Å². The smallest absolute Gasteiger partial charge is 0.235 e. The Kier molecular flexibility index (Phi) is 9.39. The second-order valence-electron chi connectivity index (χ2n) is 4.90. The van der Waals surface area contributed by atoms with Gasteiger partial charge in [0.05, 0.1) is 5.75 Å². The Labute approximate surface area is 122 Å². The normalized spacial score (nSPS) is 18.9. The molecule has 0 radical (unpaired) electrons. The monoisotopic (exact) mass is 312 g/mol. The van der Waals surface area contributed by atoms with Crippen molar-refractivity contribution in [3.63, 3.8) is 0 Å². The molecule has 1 saturated heterocycles. The molecule has 19 heavy (non-hydrogen) atoms. The van der Waals surface area contributed by atoms with Gasteiger partial charge in [-0.3, -0.25) is 4.79 Å². The van der Waals surface area contributed by atoms with E-state index in [1.54, 1.807) is 0 Å². The van der Waals surface area contributed by atoms with Crippen LogP contribution in [0.1, 0.15) is 39.0 Å². The SMILES string of the molecule is CCCCCS(=O)(=O)CC(=O)NCC1CCCN1.Cl. The number of halogens is 1. The molecule has 1 rings (SSSR count). The molecule has 0 saturated carbocycles. The summed E-state index contributed by atoms with van der Waals surface area (Å²) in [6, 6.07) is 0.303. The maximum atomic E-state index is 11.6. The molecule has 0 aromatic heterocycles. The number of hydrogen-bond acceptors (Lipinski definition) is 4. The molecule has 0 spiro atoms. The Morgan fingerprint density at radius 2 is 2.11 bits per heavy atom. The van der Waals surface area contributed by atoms with Crippen LogP contribution in [0, 0.1) is 0 Å². The first-order valence-electron chi connectivity index (χ1n) is 6.74. The molecule has 1 fully saturated rings. The lowest BCUT2D eigenvalue weighted by atomic mass is 10.2. The van der Waals surface area contributed by atoms with Crippen LogP contribution >= 0.6 is 12.4 Å². The summed E-state index contributed by atoms with van der Waals surface area (Å²) >= 11 is 0. The zero-order valence-electron chi connectivity index (χ0n) is 11.5. The van der Waals surface area contributed by atoms with E-state index in [0.29, 0.717) is 19.0 Å². The Balaban J connectivity index is 0.00000324. The number of hydrogen-bond donors (Lipinski definition) is 2. The Bertz CT molecular complexity index is 354. The summed E-state index contributed by atoms with van der Waals surface area (Å²) in [5, 5.41) is 5.94. The Morgan fingerprint density at radius 3 is 2.68 bits per heavy atom. The predicted molar refractivity (Wildman–Crippen MR) is 79.5 cm³/mol. The molecule has 1 unspecified atom stereocenters. The van der Waals surface area contributed by atoms with Crippen LogP contribution < -0.4 is 10.6 Å². The van der Waals surface area contributed by atoms with Gasteiger partial charge in [0.15, 0.2) is 9.84 Å². The number of amides is 1. The molecule has 114 valence electrons. The van der Waals surface area contributed by atoms with Crippen LogP contribution in [0.25, 0.3) is 0 Å². The number of rotatable bonds is 8. The van der Waals surface area contributed by atoms with E-state index in [4.69, 9.17) is 0 Å². The highest BCUT2D eigenvalue weighted by atomic mass is 35.5. The predicted octanol–water partition coefficient (Wildman–Crippen LogP) is 0.881. The van der Waals surface area contributed by atoms with Crippen molar-refractivity contribution >= 4 is 28.2 Å². The number of sulfone groups is 1. The molecule has 1 aliphatic heterocycles. The molecule has 1 heterocycles. The third-order valence-electron chi connectivity index (χ3n) is 3.12. The maximum Gasteiger partial charge on any atom is 0.235 e. The van der Waals surface area contributed by atoms with Gasteiger partial charge in [0.2, 0.25) is 5.91 Å². The summed E-state index contributed by atoms with van der Waals surface area (Å²) in [6.45, 7) is 3.53. The molecule has 0 aromatic rings. The third kappa shape index (κ3) is 8.44. The van der Waals surface area contributed by atoms with E-state index >= 15 is 0 Å². The van der Waals surface area contributed by atoms with E-state index in [1.807, 2.05) is 6.92 Å². The van der Waals surface area contributed by atoms with Crippen molar-refractivity contribution < 1.29 is 13.2 Å². The molecule has 0 bridgehead atoms. The fourth-order valence-electron chi connectivity index (χ4n) is 2.06. The molecule has 2 N–H and O–H groups in total. The number of unbranched alkanes of at least 4 members (excludes halogenated alkanes) is 2. The Morgan fingerprint density at radius 1 is 1.37 bits per heavy atom. The second-order valence-corrected chi connectivity index (χ2v) is 7.08. The zero-order valence-corrected chi connectivity index (χ0v) is 13.1. The maximum absolute atomic E-state index is 11.6. The van der Waals surface area contributed by atoms with Gasteiger partial charge in [0, 0.05) is 12.6 Å². The summed E-state index contributed by atoms with van der Waals surface area (Å²) in [7, 11) is -3.23. The van der Waals surface area contributed by atoms with Gasteiger partial charge in [-0.2, -0.15) is 0 Å². The summed E-state index contributed by atoms with van der Waals surface area (Å²) < 4.78 is 23.3. The van der Waals surface area contributed by atoms with Crippen LogP contribution in [0.2, 0.25) is 0 Å². The molecule has 1 aliphatic rings. The van der Waals surface area contributed by atoms with Crippen molar-refractivity contribution in [1.29, 1.82) is 0 Å². The summed E-state index contributed by atoms with van der Waals surface area (Å²) in [6.07, 6.45) is 4.69. The molecule has 0 aliphatic carbocycles. The topological polar surface area (TPSA) is 75.3 Å². The molecular formula is C12H25ClN2O3S. The van der Waals surface area contributed by atoms with Gasteiger partial charge in [0.1, 0.15) is 5.75 Å². The molecule has 1 atom stereocenters. The Hall–Kier alpha value is -0.330. The largest absolute Gasteiger partial charge is 0.354 e. The van der Waals surface area contributed by atoms with E-state index in [9.17, 15) is 13.2 Å². The first-order valence-corrected chi connectivity index (χ1v) is 8.56. The van der Waals surface area contributed by atoms with Crippen molar-refractivity contribution in [3.05, 3.63) is 0 Å². The molecule has 0 aromatic carbocycles. The van der Waals surface area contributed by atoms with Gasteiger partial charge in [-0.05, 0) is 25.8 Å². The number of carbonyl (C=O) groups is 1. The van der Waals surface area contributed by atoms with Crippen LogP contribution in [0.3, 0.4) is 0 Å². The van der Waals surface area contributed by atoms with Crippen LogP contribution in [-0.4, -0.2) is 45.0 Å². The van der Waals surface area contributed by atoms with E-state index < -0.39 is 9.84 Å². The van der Waals surface area contributed by atoms with Gasteiger partial charge in [-0.25, -0.2) is 8.42 Å². The van der Waals surface area contributed by atoms with Gasteiger partial charge >= 0.3 is 0 Å². The van der Waals surface area contributed by atoms with Crippen LogP contribution in [0.4, 0.5) is 0 Å². The second kappa shape index (κ2) is 9.55. The van der Waals surface area contributed by atoms with Crippen molar-refractivity contribution in [2.45, 2.75) is 45.1 Å². The fraction of sp³-hybridized carbons (Fsp3) is 0.917. The van der Waals surface area contributed by atoms with Gasteiger partial charge in [-0.15, -0.1) is 12.4 Å². The standard InChI is InChI=1S/C12H24N2O3S.ClH/c1-2-3-4-8-18(16,17)10-12(15)14-9-11-6-5-7-13-11;/h11,13H,2-10H2,1H3,(H,14,15);1H. The minimum atomic E-state index is -3.23. The number of nitrogens with one attached hydrogen (secondary N) is 2. The van der Waals surface area contributed by atoms with Crippen molar-refractivity contribution in [1.82, 2.24) is 10.6 Å². The van der Waals surface area contributed by atoms with Crippen molar-refractivity contribution in [2.24, 2.45) is 0 Å². The summed E-state index contributed by atoms with van der Waals surface area (Å²) in [5.41, 5.74) is 0. The van der Waals surface area contributed by atoms with Crippen LogP contribution in [0.15, 0.2) is 0 Å². The highest BCUT2D eigenvalue weighted by molar-refractivity contribution is 7.92. The summed E-state index contributed by atoms with van der Waals surface area (Å²) in [4.78, 5) is 11.5. The minimum Gasteiger partial charge on any atom is -0.354 e. The highest BCUT2D eigenvalue weighted by Gasteiger charge is 2.18. The van der Waals surface area contributed by atoms with Gasteiger partial charge in [0.25, 0.3) is 0 Å². The average molecular weight is 313 g/mol. The minimum absolute atomic E-state index is 0. The van der Waals surface area contributed by atoms with Gasteiger partial charge < -0.3 is 10.6 Å². The zero-order chi connectivity index (χ0) is 13.4. The molecule has 5 nitrogen and oxygen atoms in total. The van der Waals surface area contributed by atoms with Crippen LogP contribution in [-0.2, 0) is 14.6 Å². The van der Waals surface area contributed by atoms with E-state index in [-0.39, 0.29) is 29.8 Å². The lowest BCUT2D eigenvalue weighted by Gasteiger charge is -2.11. The van der Waals surface area contributed by atoms with E-state index in [2.05, 4.69) is 10.6 Å². The first kappa shape index (κ1) is 18.7. The highest BCUT2D eigenvalue weighted by Crippen LogP contribution is 2.03. The van der Waals surface area contributed by atoms with Crippen molar-refractivity contribution in [2.75, 3.05) is 24.6 Å². The van der Waals surface area contributed by atoms with Crippen molar-refractivity contribution in [3.8, 4) is 0 Å². The van der Waals surface area contributed by atoms with E-state index in [0.717, 1.165) is 32.2 Å². The summed E-state index contributed by atoms with van der Waals surface area (Å²) in [5.74, 6) is -0.625. The average Bonchev–Trinajstić information content (AvgIpc) is 2.78. The molecule has 1 amide bonds. The molecule has 7 heteroatoms. The van der Waals surface area contributed by atoms with E-state index in [1.165, 1.54) is 0 Å².